The second-order valence-electron chi connectivity index (χ2n) is 4.51. The maximum atomic E-state index is 11.7. The van der Waals surface area contributed by atoms with Crippen LogP contribution >= 0.6 is 11.6 Å². The number of nitrogens with two attached hydrogens (primary N) is 1. The van der Waals surface area contributed by atoms with Crippen LogP contribution in [0.4, 0.5) is 0 Å². The standard InChI is InChI=1S/C14H12ClN5O/c1-8-10(14(21)18-16)7-17-13-6-12(19-20(8)13)9-4-2-3-5-11(9)15/h2-7H,16H2,1H3,(H,18,21). The Bertz CT molecular complexity index is 842. The van der Waals surface area contributed by atoms with Crippen molar-refractivity contribution in [2.24, 2.45) is 5.84 Å². The Morgan fingerprint density at radius 3 is 2.86 bits per heavy atom. The fraction of sp³-hybridized carbons (Fsp3) is 0.0714. The molecule has 0 atom stereocenters. The van der Waals surface area contributed by atoms with Crippen molar-refractivity contribution in [2.75, 3.05) is 0 Å². The molecular weight excluding hydrogens is 290 g/mol. The number of fused-ring (bicyclic) bond motifs is 1. The number of hydrazine groups is 1. The maximum Gasteiger partial charge on any atom is 0.268 e. The highest BCUT2D eigenvalue weighted by Gasteiger charge is 2.15. The van der Waals surface area contributed by atoms with Crippen molar-refractivity contribution < 1.29 is 4.79 Å². The predicted molar refractivity (Wildman–Crippen MR) is 79.8 cm³/mol. The molecule has 0 unspecified atom stereocenters. The van der Waals surface area contributed by atoms with E-state index in [-0.39, 0.29) is 0 Å². The van der Waals surface area contributed by atoms with Gasteiger partial charge in [-0.2, -0.15) is 5.10 Å². The van der Waals surface area contributed by atoms with Gasteiger partial charge in [0.1, 0.15) is 0 Å². The van der Waals surface area contributed by atoms with Crippen LogP contribution in [0.3, 0.4) is 0 Å². The Hall–Kier alpha value is -2.44. The van der Waals surface area contributed by atoms with E-state index in [2.05, 4.69) is 15.5 Å². The number of nitrogens with one attached hydrogen (secondary N) is 1. The molecule has 21 heavy (non-hydrogen) atoms. The lowest BCUT2D eigenvalue weighted by Gasteiger charge is -2.05. The molecule has 0 saturated heterocycles. The zero-order valence-corrected chi connectivity index (χ0v) is 11.9. The SMILES string of the molecule is Cc1c(C(=O)NN)cnc2cc(-c3ccccc3Cl)nn12. The summed E-state index contributed by atoms with van der Waals surface area (Å²) < 4.78 is 1.60. The summed E-state index contributed by atoms with van der Waals surface area (Å²) in [5.74, 6) is 4.75. The quantitative estimate of drug-likeness (QED) is 0.430. The van der Waals surface area contributed by atoms with Gasteiger partial charge in [-0.25, -0.2) is 15.3 Å². The second-order valence-corrected chi connectivity index (χ2v) is 4.92. The number of benzene rings is 1. The molecule has 0 fully saturated rings. The fourth-order valence-electron chi connectivity index (χ4n) is 2.15. The van der Waals surface area contributed by atoms with E-state index in [9.17, 15) is 4.79 Å². The minimum atomic E-state index is -0.406. The Morgan fingerprint density at radius 2 is 2.14 bits per heavy atom. The monoisotopic (exact) mass is 301 g/mol. The number of hydrogen-bond donors (Lipinski definition) is 2. The number of nitrogen functional groups attached to an aromatic ring is 1. The topological polar surface area (TPSA) is 85.3 Å². The highest BCUT2D eigenvalue weighted by Crippen LogP contribution is 2.27. The van der Waals surface area contributed by atoms with Gasteiger partial charge < -0.3 is 0 Å². The van der Waals surface area contributed by atoms with Crippen molar-refractivity contribution in [3.05, 3.63) is 52.8 Å². The molecule has 7 heteroatoms. The van der Waals surface area contributed by atoms with Gasteiger partial charge in [-0.15, -0.1) is 0 Å². The lowest BCUT2D eigenvalue weighted by atomic mass is 10.1. The molecule has 1 aromatic carbocycles. The van der Waals surface area contributed by atoms with Gasteiger partial charge in [0.25, 0.3) is 5.91 Å². The van der Waals surface area contributed by atoms with E-state index in [1.165, 1.54) is 6.20 Å². The summed E-state index contributed by atoms with van der Waals surface area (Å²) in [5.41, 5.74) is 5.27. The number of aryl methyl sites for hydroxylation is 1. The molecule has 3 N–H and O–H groups in total. The van der Waals surface area contributed by atoms with Crippen molar-refractivity contribution in [1.82, 2.24) is 20.0 Å². The molecule has 3 aromatic rings. The van der Waals surface area contributed by atoms with Crippen LogP contribution in [0.5, 0.6) is 0 Å². The van der Waals surface area contributed by atoms with Gasteiger partial charge in [-0.1, -0.05) is 29.8 Å². The van der Waals surface area contributed by atoms with E-state index < -0.39 is 5.91 Å². The van der Waals surface area contributed by atoms with Crippen LogP contribution in [0, 0.1) is 6.92 Å². The van der Waals surface area contributed by atoms with Crippen molar-refractivity contribution in [3.8, 4) is 11.3 Å². The Morgan fingerprint density at radius 1 is 1.38 bits per heavy atom. The molecule has 0 aliphatic carbocycles. The van der Waals surface area contributed by atoms with E-state index in [0.29, 0.717) is 27.6 Å². The Kier molecular flexibility index (Phi) is 3.32. The highest BCUT2D eigenvalue weighted by atomic mass is 35.5. The molecule has 0 aliphatic heterocycles. The Labute approximate surface area is 125 Å². The van der Waals surface area contributed by atoms with Crippen LogP contribution in [0.1, 0.15) is 16.1 Å². The normalized spacial score (nSPS) is 10.8. The van der Waals surface area contributed by atoms with E-state index in [1.807, 2.05) is 24.3 Å². The summed E-state index contributed by atoms with van der Waals surface area (Å²) >= 11 is 6.18. The summed E-state index contributed by atoms with van der Waals surface area (Å²) in [6, 6.07) is 9.24. The number of rotatable bonds is 2. The van der Waals surface area contributed by atoms with E-state index in [0.717, 1.165) is 5.56 Å². The van der Waals surface area contributed by atoms with Crippen molar-refractivity contribution >= 4 is 23.2 Å². The summed E-state index contributed by atoms with van der Waals surface area (Å²) in [6.45, 7) is 1.78. The first-order valence-electron chi connectivity index (χ1n) is 6.23. The Balaban J connectivity index is 2.19. The number of carbonyl (C=O) groups is 1. The number of carbonyl (C=O) groups excluding carboxylic acids is 1. The third kappa shape index (κ3) is 2.24. The summed E-state index contributed by atoms with van der Waals surface area (Å²) in [5, 5.41) is 5.08. The molecule has 106 valence electrons. The molecule has 1 amide bonds. The number of aromatic nitrogens is 3. The lowest BCUT2D eigenvalue weighted by molar-refractivity contribution is 0.0952. The van der Waals surface area contributed by atoms with Crippen LogP contribution in [-0.4, -0.2) is 20.5 Å². The molecule has 0 bridgehead atoms. The maximum absolute atomic E-state index is 11.7. The predicted octanol–water partition coefficient (Wildman–Crippen LogP) is 1.96. The minimum Gasteiger partial charge on any atom is -0.290 e. The molecule has 0 spiro atoms. The highest BCUT2D eigenvalue weighted by molar-refractivity contribution is 6.33. The van der Waals surface area contributed by atoms with Crippen molar-refractivity contribution in [1.29, 1.82) is 0 Å². The van der Waals surface area contributed by atoms with Crippen LogP contribution in [-0.2, 0) is 0 Å². The molecule has 2 heterocycles. The summed E-state index contributed by atoms with van der Waals surface area (Å²) in [4.78, 5) is 15.9. The van der Waals surface area contributed by atoms with Crippen LogP contribution in [0.15, 0.2) is 36.5 Å². The zero-order valence-electron chi connectivity index (χ0n) is 11.2. The average Bonchev–Trinajstić information content (AvgIpc) is 2.92. The first-order chi connectivity index (χ1) is 10.1. The van der Waals surface area contributed by atoms with E-state index >= 15 is 0 Å². The van der Waals surface area contributed by atoms with Crippen molar-refractivity contribution in [3.63, 3.8) is 0 Å². The smallest absolute Gasteiger partial charge is 0.268 e. The van der Waals surface area contributed by atoms with Crippen molar-refractivity contribution in [2.45, 2.75) is 6.92 Å². The van der Waals surface area contributed by atoms with E-state index in [4.69, 9.17) is 17.4 Å². The fourth-order valence-corrected chi connectivity index (χ4v) is 2.38. The first-order valence-corrected chi connectivity index (χ1v) is 6.61. The van der Waals surface area contributed by atoms with Gasteiger partial charge in [0.05, 0.1) is 22.0 Å². The zero-order chi connectivity index (χ0) is 15.0. The van der Waals surface area contributed by atoms with Gasteiger partial charge in [0.15, 0.2) is 5.65 Å². The van der Waals surface area contributed by atoms with Crippen LogP contribution in [0.25, 0.3) is 16.9 Å². The number of nitrogens with zero attached hydrogens (tertiary/aromatic N) is 3. The van der Waals surface area contributed by atoms with Crippen LogP contribution in [0.2, 0.25) is 5.02 Å². The number of halogens is 1. The van der Waals surface area contributed by atoms with Gasteiger partial charge in [0, 0.05) is 17.8 Å². The third-order valence-corrected chi connectivity index (χ3v) is 3.58. The molecule has 0 saturated carbocycles. The van der Waals surface area contributed by atoms with Gasteiger partial charge >= 0.3 is 0 Å². The minimum absolute atomic E-state index is 0.374. The number of amides is 1. The molecular formula is C14H12ClN5O. The number of hydrogen-bond acceptors (Lipinski definition) is 4. The second kappa shape index (κ2) is 5.16. The molecule has 3 rings (SSSR count). The van der Waals surface area contributed by atoms with Crippen LogP contribution < -0.4 is 11.3 Å². The summed E-state index contributed by atoms with van der Waals surface area (Å²) in [7, 11) is 0. The average molecular weight is 302 g/mol. The molecule has 0 aliphatic rings. The molecule has 2 aromatic heterocycles. The lowest BCUT2D eigenvalue weighted by Crippen LogP contribution is -2.31. The van der Waals surface area contributed by atoms with E-state index in [1.54, 1.807) is 17.5 Å². The largest absolute Gasteiger partial charge is 0.290 e. The summed E-state index contributed by atoms with van der Waals surface area (Å²) in [6.07, 6.45) is 1.48. The van der Waals surface area contributed by atoms with Gasteiger partial charge in [-0.3, -0.25) is 10.2 Å². The van der Waals surface area contributed by atoms with Gasteiger partial charge in [0.2, 0.25) is 0 Å². The molecule has 6 nitrogen and oxygen atoms in total. The first kappa shape index (κ1) is 13.5. The van der Waals surface area contributed by atoms with Gasteiger partial charge in [-0.05, 0) is 13.0 Å². The third-order valence-electron chi connectivity index (χ3n) is 3.25. The molecule has 0 radical (unpaired) electrons.